The molecule has 1 aromatic rings. The lowest BCUT2D eigenvalue weighted by Gasteiger charge is -2.33. The Bertz CT molecular complexity index is 707. The van der Waals surface area contributed by atoms with Crippen molar-refractivity contribution in [2.75, 3.05) is 26.2 Å². The maximum absolute atomic E-state index is 12.7. The van der Waals surface area contributed by atoms with Gasteiger partial charge in [-0.15, -0.1) is 0 Å². The van der Waals surface area contributed by atoms with Crippen molar-refractivity contribution in [1.82, 2.24) is 9.21 Å². The highest BCUT2D eigenvalue weighted by Crippen LogP contribution is 2.27. The minimum atomic E-state index is -3.54. The van der Waals surface area contributed by atoms with Crippen LogP contribution in [0.25, 0.3) is 0 Å². The van der Waals surface area contributed by atoms with Gasteiger partial charge < -0.3 is 4.90 Å². The van der Waals surface area contributed by atoms with E-state index in [1.165, 1.54) is 23.2 Å². The number of amides is 1. The molecule has 0 spiro atoms. The molecule has 0 radical (unpaired) electrons. The van der Waals surface area contributed by atoms with Gasteiger partial charge in [0.1, 0.15) is 0 Å². The van der Waals surface area contributed by atoms with Gasteiger partial charge in [0, 0.05) is 37.1 Å². The molecule has 25 heavy (non-hydrogen) atoms. The zero-order chi connectivity index (χ0) is 17.9. The van der Waals surface area contributed by atoms with E-state index in [2.05, 4.69) is 0 Å². The Kier molecular flexibility index (Phi) is 6.02. The van der Waals surface area contributed by atoms with Crippen LogP contribution in [0.15, 0.2) is 29.2 Å². The fraction of sp³-hybridized carbons (Fsp3) is 0.611. The highest BCUT2D eigenvalue weighted by molar-refractivity contribution is 7.89. The molecule has 0 N–H and O–H groups in total. The number of sulfonamides is 1. The monoisotopic (exact) mass is 384 g/mol. The van der Waals surface area contributed by atoms with Gasteiger partial charge in [-0.25, -0.2) is 8.42 Å². The quantitative estimate of drug-likeness (QED) is 0.804. The fourth-order valence-corrected chi connectivity index (χ4v) is 5.44. The van der Waals surface area contributed by atoms with Crippen LogP contribution in [-0.2, 0) is 14.8 Å². The lowest BCUT2D eigenvalue weighted by atomic mass is 9.96. The normalized spacial score (nSPS) is 21.1. The number of carbonyl (C=O) groups excluding carboxylic acids is 1. The van der Waals surface area contributed by atoms with Gasteiger partial charge in [0.05, 0.1) is 4.90 Å². The lowest BCUT2D eigenvalue weighted by Crippen LogP contribution is -2.44. The fourth-order valence-electron chi connectivity index (χ4n) is 3.67. The van der Waals surface area contributed by atoms with Crippen molar-refractivity contribution in [2.45, 2.75) is 43.4 Å². The molecule has 138 valence electrons. The molecule has 0 unspecified atom stereocenters. The second kappa shape index (κ2) is 8.06. The van der Waals surface area contributed by atoms with Crippen molar-refractivity contribution in [3.05, 3.63) is 29.3 Å². The average molecular weight is 385 g/mol. The van der Waals surface area contributed by atoms with Gasteiger partial charge in [0.25, 0.3) is 0 Å². The van der Waals surface area contributed by atoms with E-state index < -0.39 is 10.0 Å². The second-order valence-electron chi connectivity index (χ2n) is 6.88. The molecular weight excluding hydrogens is 360 g/mol. The molecule has 2 heterocycles. The zero-order valence-electron chi connectivity index (χ0n) is 14.4. The highest BCUT2D eigenvalue weighted by Gasteiger charge is 2.33. The van der Waals surface area contributed by atoms with E-state index in [9.17, 15) is 13.2 Å². The summed E-state index contributed by atoms with van der Waals surface area (Å²) in [4.78, 5) is 14.9. The molecule has 1 amide bonds. The minimum absolute atomic E-state index is 0.0519. The Balaban J connectivity index is 1.62. The molecular formula is C18H25ClN2O3S. The molecule has 0 atom stereocenters. The largest absolute Gasteiger partial charge is 0.342 e. The van der Waals surface area contributed by atoms with Crippen LogP contribution < -0.4 is 0 Å². The molecule has 7 heteroatoms. The molecule has 2 fully saturated rings. The number of piperidine rings is 1. The van der Waals surface area contributed by atoms with Crippen LogP contribution in [0, 0.1) is 5.92 Å². The van der Waals surface area contributed by atoms with Gasteiger partial charge in [0.15, 0.2) is 0 Å². The summed E-state index contributed by atoms with van der Waals surface area (Å²) in [6, 6.07) is 6.35. The van der Waals surface area contributed by atoms with E-state index in [-0.39, 0.29) is 16.7 Å². The van der Waals surface area contributed by atoms with E-state index in [1.807, 2.05) is 4.90 Å². The van der Waals surface area contributed by atoms with Crippen molar-refractivity contribution in [1.29, 1.82) is 0 Å². The molecule has 2 aliphatic rings. The number of carbonyl (C=O) groups is 1. The van der Waals surface area contributed by atoms with Crippen LogP contribution in [0.1, 0.15) is 38.5 Å². The Labute approximate surface area is 155 Å². The summed E-state index contributed by atoms with van der Waals surface area (Å²) in [6.45, 7) is 2.47. The summed E-state index contributed by atoms with van der Waals surface area (Å²) >= 11 is 5.92. The summed E-state index contributed by atoms with van der Waals surface area (Å²) < 4.78 is 26.9. The van der Waals surface area contributed by atoms with Crippen LogP contribution in [0.4, 0.5) is 0 Å². The Morgan fingerprint density at radius 1 is 1.00 bits per heavy atom. The summed E-state index contributed by atoms with van der Waals surface area (Å²) in [5, 5.41) is 0.410. The molecule has 3 rings (SSSR count). The van der Waals surface area contributed by atoms with Crippen LogP contribution in [-0.4, -0.2) is 49.7 Å². The molecule has 0 bridgehead atoms. The average Bonchev–Trinajstić information content (AvgIpc) is 2.90. The highest BCUT2D eigenvalue weighted by atomic mass is 35.5. The number of halogens is 1. The van der Waals surface area contributed by atoms with E-state index in [1.54, 1.807) is 18.2 Å². The Hall–Kier alpha value is -1.11. The van der Waals surface area contributed by atoms with Gasteiger partial charge in [-0.05, 0) is 43.9 Å². The third-order valence-corrected chi connectivity index (χ3v) is 7.28. The first-order valence-corrected chi connectivity index (χ1v) is 10.8. The summed E-state index contributed by atoms with van der Waals surface area (Å²) in [5.41, 5.74) is 0. The van der Waals surface area contributed by atoms with E-state index in [4.69, 9.17) is 11.6 Å². The SMILES string of the molecule is O=C(C1CCN(S(=O)(=O)c2cccc(Cl)c2)CC1)N1CCCCCC1. The summed E-state index contributed by atoms with van der Waals surface area (Å²) in [6.07, 6.45) is 5.73. The second-order valence-corrected chi connectivity index (χ2v) is 9.25. The number of rotatable bonds is 3. The topological polar surface area (TPSA) is 57.7 Å². The zero-order valence-corrected chi connectivity index (χ0v) is 15.9. The minimum Gasteiger partial charge on any atom is -0.342 e. The number of likely N-dealkylation sites (tertiary alicyclic amines) is 1. The number of nitrogens with zero attached hydrogens (tertiary/aromatic N) is 2. The first-order chi connectivity index (χ1) is 12.0. The predicted octanol–water partition coefficient (Wildman–Crippen LogP) is 3.14. The third-order valence-electron chi connectivity index (χ3n) is 5.15. The predicted molar refractivity (Wildman–Crippen MR) is 98.0 cm³/mol. The number of hydrogen-bond donors (Lipinski definition) is 0. The van der Waals surface area contributed by atoms with Gasteiger partial charge in [-0.3, -0.25) is 4.79 Å². The number of benzene rings is 1. The summed E-state index contributed by atoms with van der Waals surface area (Å²) in [7, 11) is -3.54. The van der Waals surface area contributed by atoms with Crippen molar-refractivity contribution in [3.63, 3.8) is 0 Å². The van der Waals surface area contributed by atoms with Crippen molar-refractivity contribution in [3.8, 4) is 0 Å². The maximum atomic E-state index is 12.7. The van der Waals surface area contributed by atoms with Crippen LogP contribution in [0.3, 0.4) is 0 Å². The van der Waals surface area contributed by atoms with Crippen molar-refractivity contribution in [2.24, 2.45) is 5.92 Å². The molecule has 1 aromatic carbocycles. The standard InChI is InChI=1S/C18H25ClN2O3S/c19-16-6-5-7-17(14-16)25(23,24)21-12-8-15(9-13-21)18(22)20-10-3-1-2-4-11-20/h5-7,14-15H,1-4,8-13H2. The maximum Gasteiger partial charge on any atom is 0.243 e. The Morgan fingerprint density at radius 3 is 2.24 bits per heavy atom. The molecule has 2 aliphatic heterocycles. The van der Waals surface area contributed by atoms with Crippen LogP contribution in [0.2, 0.25) is 5.02 Å². The lowest BCUT2D eigenvalue weighted by molar-refractivity contribution is -0.136. The van der Waals surface area contributed by atoms with Gasteiger partial charge in [-0.2, -0.15) is 4.31 Å². The molecule has 2 saturated heterocycles. The van der Waals surface area contributed by atoms with Gasteiger partial charge in [-0.1, -0.05) is 30.5 Å². The van der Waals surface area contributed by atoms with Crippen LogP contribution >= 0.6 is 11.6 Å². The first kappa shape index (κ1) is 18.7. The molecule has 0 saturated carbocycles. The molecule has 5 nitrogen and oxygen atoms in total. The third kappa shape index (κ3) is 4.36. The smallest absolute Gasteiger partial charge is 0.243 e. The number of hydrogen-bond acceptors (Lipinski definition) is 3. The van der Waals surface area contributed by atoms with Gasteiger partial charge >= 0.3 is 0 Å². The van der Waals surface area contributed by atoms with Crippen molar-refractivity contribution >= 4 is 27.5 Å². The molecule has 0 aliphatic carbocycles. The molecule has 0 aromatic heterocycles. The Morgan fingerprint density at radius 2 is 1.64 bits per heavy atom. The van der Waals surface area contributed by atoms with Gasteiger partial charge in [0.2, 0.25) is 15.9 Å². The van der Waals surface area contributed by atoms with E-state index in [0.29, 0.717) is 31.0 Å². The first-order valence-electron chi connectivity index (χ1n) is 9.03. The van der Waals surface area contributed by atoms with Crippen LogP contribution in [0.5, 0.6) is 0 Å². The van der Waals surface area contributed by atoms with E-state index in [0.717, 1.165) is 25.9 Å². The van der Waals surface area contributed by atoms with E-state index >= 15 is 0 Å². The summed E-state index contributed by atoms with van der Waals surface area (Å²) in [5.74, 6) is 0.158. The van der Waals surface area contributed by atoms with Crippen molar-refractivity contribution < 1.29 is 13.2 Å².